The number of carbonyl (C=O) groups excluding carboxylic acids is 1. The van der Waals surface area contributed by atoms with Crippen molar-refractivity contribution in [3.63, 3.8) is 0 Å². The monoisotopic (exact) mass is 485 g/mol. The van der Waals surface area contributed by atoms with Gasteiger partial charge >= 0.3 is 0 Å². The van der Waals surface area contributed by atoms with Crippen molar-refractivity contribution in [2.45, 2.75) is 13.2 Å². The van der Waals surface area contributed by atoms with Crippen molar-refractivity contribution < 1.29 is 13.9 Å². The predicted molar refractivity (Wildman–Crippen MR) is 118 cm³/mol. The van der Waals surface area contributed by atoms with Crippen LogP contribution in [-0.4, -0.2) is 15.7 Å². The van der Waals surface area contributed by atoms with Crippen LogP contribution in [0.2, 0.25) is 5.02 Å². The van der Waals surface area contributed by atoms with Gasteiger partial charge in [0, 0.05) is 10.7 Å². The van der Waals surface area contributed by atoms with Crippen molar-refractivity contribution in [3.8, 4) is 5.75 Å². The largest absolute Gasteiger partial charge is 0.486 e. The van der Waals surface area contributed by atoms with Gasteiger partial charge in [-0.05, 0) is 42.0 Å². The van der Waals surface area contributed by atoms with Crippen molar-refractivity contribution in [1.29, 1.82) is 0 Å². The maximum Gasteiger partial charge on any atom is 0.292 e. The van der Waals surface area contributed by atoms with E-state index in [1.54, 1.807) is 23.0 Å². The van der Waals surface area contributed by atoms with Crippen molar-refractivity contribution in [1.82, 2.24) is 9.78 Å². The molecule has 2 aromatic heterocycles. The van der Waals surface area contributed by atoms with E-state index in [0.29, 0.717) is 23.1 Å². The molecule has 0 atom stereocenters. The highest BCUT2D eigenvalue weighted by molar-refractivity contribution is 9.10. The third-order valence-corrected chi connectivity index (χ3v) is 5.02. The Labute approximate surface area is 186 Å². The third-order valence-electron chi connectivity index (χ3n) is 4.22. The quantitative estimate of drug-likeness (QED) is 0.360. The second kappa shape index (κ2) is 9.19. The molecule has 152 valence electrons. The second-order valence-corrected chi connectivity index (χ2v) is 7.79. The summed E-state index contributed by atoms with van der Waals surface area (Å²) in [6.07, 6.45) is 1.67. The molecular weight excluding hydrogens is 470 g/mol. The first-order chi connectivity index (χ1) is 14.6. The minimum atomic E-state index is -0.434. The topological polar surface area (TPSA) is 69.3 Å². The molecule has 0 spiro atoms. The van der Waals surface area contributed by atoms with Crippen LogP contribution in [-0.2, 0) is 13.2 Å². The minimum Gasteiger partial charge on any atom is -0.486 e. The van der Waals surface area contributed by atoms with E-state index in [-0.39, 0.29) is 18.2 Å². The molecule has 2 heterocycles. The van der Waals surface area contributed by atoms with E-state index in [2.05, 4.69) is 26.3 Å². The van der Waals surface area contributed by atoms with Gasteiger partial charge in [0.1, 0.15) is 23.1 Å². The number of amides is 1. The zero-order chi connectivity index (χ0) is 20.9. The molecule has 8 heteroatoms. The number of nitrogens with zero attached hydrogens (tertiary/aromatic N) is 2. The summed E-state index contributed by atoms with van der Waals surface area (Å²) in [4.78, 5) is 12.5. The van der Waals surface area contributed by atoms with Gasteiger partial charge in [-0.3, -0.25) is 9.48 Å². The summed E-state index contributed by atoms with van der Waals surface area (Å²) in [5, 5.41) is 7.38. The summed E-state index contributed by atoms with van der Waals surface area (Å²) in [7, 11) is 0. The minimum absolute atomic E-state index is 0.151. The number of nitrogens with one attached hydrogen (secondary N) is 1. The molecule has 0 aliphatic heterocycles. The van der Waals surface area contributed by atoms with Gasteiger partial charge < -0.3 is 14.5 Å². The molecule has 1 N–H and O–H groups in total. The average Bonchev–Trinajstić information content (AvgIpc) is 3.35. The van der Waals surface area contributed by atoms with Gasteiger partial charge in [-0.1, -0.05) is 57.9 Å². The van der Waals surface area contributed by atoms with E-state index in [4.69, 9.17) is 20.8 Å². The lowest BCUT2D eigenvalue weighted by molar-refractivity contribution is 0.0992. The Bertz CT molecular complexity index is 1140. The fourth-order valence-corrected chi connectivity index (χ4v) is 3.23. The summed E-state index contributed by atoms with van der Waals surface area (Å²) < 4.78 is 13.9. The third kappa shape index (κ3) is 5.11. The van der Waals surface area contributed by atoms with Gasteiger partial charge in [0.15, 0.2) is 11.6 Å². The summed E-state index contributed by atoms with van der Waals surface area (Å²) in [6.45, 7) is 0.760. The number of hydrogen-bond donors (Lipinski definition) is 1. The Balaban J connectivity index is 1.36. The van der Waals surface area contributed by atoms with Crippen LogP contribution in [0.5, 0.6) is 5.75 Å². The Morgan fingerprint density at radius 2 is 1.87 bits per heavy atom. The number of ether oxygens (including phenoxy) is 1. The van der Waals surface area contributed by atoms with E-state index in [9.17, 15) is 4.79 Å². The number of halogens is 2. The van der Waals surface area contributed by atoms with Crippen molar-refractivity contribution in [2.75, 3.05) is 5.32 Å². The van der Waals surface area contributed by atoms with Crippen LogP contribution in [0.15, 0.2) is 81.8 Å². The first kappa shape index (κ1) is 20.3. The molecule has 0 bridgehead atoms. The SMILES string of the molecule is O=C(Nc1nn(Cc2ccccc2)cc1Cl)c1ccc(COc2ccc(Br)cc2)o1. The van der Waals surface area contributed by atoms with Crippen LogP contribution in [0.4, 0.5) is 5.82 Å². The maximum atomic E-state index is 12.5. The highest BCUT2D eigenvalue weighted by atomic mass is 79.9. The fourth-order valence-electron chi connectivity index (χ4n) is 2.77. The molecule has 0 fully saturated rings. The number of anilines is 1. The van der Waals surface area contributed by atoms with Crippen LogP contribution in [0, 0.1) is 0 Å². The summed E-state index contributed by atoms with van der Waals surface area (Å²) in [5.74, 6) is 1.23. The van der Waals surface area contributed by atoms with Crippen LogP contribution in [0.3, 0.4) is 0 Å². The molecule has 4 aromatic rings. The lowest BCUT2D eigenvalue weighted by atomic mass is 10.2. The van der Waals surface area contributed by atoms with Gasteiger partial charge in [0.25, 0.3) is 5.91 Å². The van der Waals surface area contributed by atoms with Crippen molar-refractivity contribution >= 4 is 39.3 Å². The molecule has 0 unspecified atom stereocenters. The second-order valence-electron chi connectivity index (χ2n) is 6.47. The highest BCUT2D eigenvalue weighted by Gasteiger charge is 2.16. The molecule has 6 nitrogen and oxygen atoms in total. The van der Waals surface area contributed by atoms with Crippen LogP contribution >= 0.6 is 27.5 Å². The number of rotatable bonds is 7. The first-order valence-electron chi connectivity index (χ1n) is 9.12. The average molecular weight is 487 g/mol. The molecule has 0 radical (unpaired) electrons. The smallest absolute Gasteiger partial charge is 0.292 e. The molecule has 30 heavy (non-hydrogen) atoms. The van der Waals surface area contributed by atoms with Crippen LogP contribution in [0.25, 0.3) is 0 Å². The zero-order valence-electron chi connectivity index (χ0n) is 15.7. The molecular formula is C22H17BrClN3O3. The summed E-state index contributed by atoms with van der Waals surface area (Å²) in [6, 6.07) is 20.6. The standard InChI is InChI=1S/C22H17BrClN3O3/c23-16-6-8-17(9-7-16)29-14-18-10-11-20(30-18)22(28)25-21-19(24)13-27(26-21)12-15-4-2-1-3-5-15/h1-11,13H,12,14H2,(H,25,26,28). The van der Waals surface area contributed by atoms with Gasteiger partial charge in [-0.2, -0.15) is 5.10 Å². The number of aromatic nitrogens is 2. The van der Waals surface area contributed by atoms with Crippen LogP contribution < -0.4 is 10.1 Å². The molecule has 0 aliphatic carbocycles. The van der Waals surface area contributed by atoms with Crippen molar-refractivity contribution in [3.05, 3.63) is 99.5 Å². The Hall–Kier alpha value is -3.03. The Morgan fingerprint density at radius 1 is 1.10 bits per heavy atom. The molecule has 1 amide bonds. The fraction of sp³-hybridized carbons (Fsp3) is 0.0909. The van der Waals surface area contributed by atoms with E-state index >= 15 is 0 Å². The molecule has 4 rings (SSSR count). The van der Waals surface area contributed by atoms with Gasteiger partial charge in [0.05, 0.1) is 6.54 Å². The number of hydrogen-bond acceptors (Lipinski definition) is 4. The number of benzene rings is 2. The molecule has 0 saturated heterocycles. The predicted octanol–water partition coefficient (Wildman–Crippen LogP) is 5.77. The van der Waals surface area contributed by atoms with E-state index in [0.717, 1.165) is 10.0 Å². The van der Waals surface area contributed by atoms with E-state index in [1.807, 2.05) is 54.6 Å². The van der Waals surface area contributed by atoms with Gasteiger partial charge in [-0.25, -0.2) is 0 Å². The zero-order valence-corrected chi connectivity index (χ0v) is 18.1. The van der Waals surface area contributed by atoms with Gasteiger partial charge in [0.2, 0.25) is 0 Å². The summed E-state index contributed by atoms with van der Waals surface area (Å²) in [5.41, 5.74) is 1.08. The van der Waals surface area contributed by atoms with E-state index in [1.165, 1.54) is 0 Å². The van der Waals surface area contributed by atoms with Crippen molar-refractivity contribution in [2.24, 2.45) is 0 Å². The molecule has 0 saturated carbocycles. The maximum absolute atomic E-state index is 12.5. The molecule has 0 aliphatic rings. The molecule has 2 aromatic carbocycles. The number of furan rings is 1. The number of carbonyl (C=O) groups is 1. The van der Waals surface area contributed by atoms with Crippen LogP contribution in [0.1, 0.15) is 21.9 Å². The Kier molecular flexibility index (Phi) is 6.21. The lowest BCUT2D eigenvalue weighted by Crippen LogP contribution is -2.12. The highest BCUT2D eigenvalue weighted by Crippen LogP contribution is 2.22. The first-order valence-corrected chi connectivity index (χ1v) is 10.3. The normalized spacial score (nSPS) is 10.7. The van der Waals surface area contributed by atoms with E-state index < -0.39 is 5.91 Å². The Morgan fingerprint density at radius 3 is 2.63 bits per heavy atom. The summed E-state index contributed by atoms with van der Waals surface area (Å²) >= 11 is 9.60. The lowest BCUT2D eigenvalue weighted by Gasteiger charge is -2.04. The van der Waals surface area contributed by atoms with Gasteiger partial charge in [-0.15, -0.1) is 0 Å².